The number of anilines is 3. The predicted octanol–water partition coefficient (Wildman–Crippen LogP) is 6.27. The normalized spacial score (nSPS) is 13.0. The van der Waals surface area contributed by atoms with Crippen molar-refractivity contribution in [2.75, 3.05) is 4.90 Å². The van der Waals surface area contributed by atoms with Gasteiger partial charge in [-0.15, -0.1) is 0 Å². The highest BCUT2D eigenvalue weighted by Gasteiger charge is 2.30. The number of aromatic nitrogens is 2. The van der Waals surface area contributed by atoms with Gasteiger partial charge in [-0.1, -0.05) is 32.9 Å². The summed E-state index contributed by atoms with van der Waals surface area (Å²) in [5.74, 6) is 2.31. The summed E-state index contributed by atoms with van der Waals surface area (Å²) in [6.07, 6.45) is 3.60. The van der Waals surface area contributed by atoms with Gasteiger partial charge in [-0.2, -0.15) is 0 Å². The molecule has 0 bridgehead atoms. The topological polar surface area (TPSA) is 38.3 Å². The summed E-state index contributed by atoms with van der Waals surface area (Å²) in [6.45, 7) is 13.1. The molecule has 0 aliphatic carbocycles. The molecule has 0 unspecified atom stereocenters. The first-order valence-electron chi connectivity index (χ1n) is 9.27. The number of ether oxygens (including phenoxy) is 1. The first-order valence-corrected chi connectivity index (χ1v) is 9.27. The van der Waals surface area contributed by atoms with E-state index in [0.717, 1.165) is 34.4 Å². The number of benzene rings is 1. The van der Waals surface area contributed by atoms with Gasteiger partial charge in [0.25, 0.3) is 0 Å². The van der Waals surface area contributed by atoms with Crippen LogP contribution in [-0.2, 0) is 5.41 Å². The smallest absolute Gasteiger partial charge is 0.181 e. The van der Waals surface area contributed by atoms with Gasteiger partial charge in [0.1, 0.15) is 0 Å². The fourth-order valence-corrected chi connectivity index (χ4v) is 3.62. The van der Waals surface area contributed by atoms with Crippen LogP contribution in [0.5, 0.6) is 11.5 Å². The maximum absolute atomic E-state index is 6.08. The molecule has 0 radical (unpaired) electrons. The SMILES string of the molecule is Cc1cc2c(cn1)Oc1cccnc1N2c1c(C)cc(C(C)(C)C)cc1C. The summed E-state index contributed by atoms with van der Waals surface area (Å²) < 4.78 is 6.08. The quantitative estimate of drug-likeness (QED) is 0.401. The maximum atomic E-state index is 6.08. The van der Waals surface area contributed by atoms with Crippen LogP contribution in [0.4, 0.5) is 17.2 Å². The molecule has 1 aliphatic rings. The lowest BCUT2D eigenvalue weighted by atomic mass is 9.84. The molecule has 1 aromatic carbocycles. The molecular formula is C23H25N3O. The van der Waals surface area contributed by atoms with E-state index < -0.39 is 0 Å². The van der Waals surface area contributed by atoms with Gasteiger partial charge in [-0.05, 0) is 61.1 Å². The van der Waals surface area contributed by atoms with Crippen LogP contribution in [0.15, 0.2) is 42.7 Å². The van der Waals surface area contributed by atoms with E-state index in [1.54, 1.807) is 6.20 Å². The van der Waals surface area contributed by atoms with Crippen molar-refractivity contribution in [3.63, 3.8) is 0 Å². The van der Waals surface area contributed by atoms with E-state index in [2.05, 4.69) is 67.7 Å². The maximum Gasteiger partial charge on any atom is 0.181 e. The number of nitrogens with zero attached hydrogens (tertiary/aromatic N) is 3. The summed E-state index contributed by atoms with van der Waals surface area (Å²) in [6, 6.07) is 10.5. The summed E-state index contributed by atoms with van der Waals surface area (Å²) in [4.78, 5) is 11.3. The van der Waals surface area contributed by atoms with Crippen LogP contribution in [0, 0.1) is 20.8 Å². The Morgan fingerprint density at radius 2 is 1.63 bits per heavy atom. The summed E-state index contributed by atoms with van der Waals surface area (Å²) in [5.41, 5.74) is 6.96. The predicted molar refractivity (Wildman–Crippen MR) is 110 cm³/mol. The van der Waals surface area contributed by atoms with Crippen molar-refractivity contribution < 1.29 is 4.74 Å². The Morgan fingerprint density at radius 3 is 2.30 bits per heavy atom. The second-order valence-electron chi connectivity index (χ2n) is 8.26. The second-order valence-corrected chi connectivity index (χ2v) is 8.26. The van der Waals surface area contributed by atoms with Crippen molar-refractivity contribution in [1.29, 1.82) is 0 Å². The van der Waals surface area contributed by atoms with Gasteiger partial charge < -0.3 is 4.74 Å². The number of aryl methyl sites for hydroxylation is 3. The molecule has 138 valence electrons. The van der Waals surface area contributed by atoms with Crippen molar-refractivity contribution in [2.24, 2.45) is 0 Å². The average molecular weight is 359 g/mol. The first kappa shape index (κ1) is 17.5. The zero-order valence-electron chi connectivity index (χ0n) is 16.8. The van der Waals surface area contributed by atoms with E-state index in [-0.39, 0.29) is 5.41 Å². The molecule has 0 atom stereocenters. The molecule has 27 heavy (non-hydrogen) atoms. The minimum Gasteiger partial charge on any atom is -0.450 e. The minimum atomic E-state index is 0.105. The van der Waals surface area contributed by atoms with Gasteiger partial charge in [-0.25, -0.2) is 4.98 Å². The molecule has 2 aromatic heterocycles. The Balaban J connectivity index is 1.99. The molecule has 0 saturated heterocycles. The Morgan fingerprint density at radius 1 is 0.926 bits per heavy atom. The fraction of sp³-hybridized carbons (Fsp3) is 0.304. The molecule has 4 heteroatoms. The van der Waals surface area contributed by atoms with Crippen LogP contribution >= 0.6 is 0 Å². The standard InChI is InChI=1S/C23H25N3O/c1-14-10-17(23(4,5)6)11-15(2)21(14)26-18-12-16(3)25-13-20(18)27-19-8-7-9-24-22(19)26/h7-13H,1-6H3. The number of fused-ring (bicyclic) bond motifs is 2. The van der Waals surface area contributed by atoms with Crippen LogP contribution in [0.25, 0.3) is 0 Å². The van der Waals surface area contributed by atoms with Gasteiger partial charge in [0.15, 0.2) is 17.3 Å². The highest BCUT2D eigenvalue weighted by Crippen LogP contribution is 2.50. The number of hydrogen-bond donors (Lipinski definition) is 0. The van der Waals surface area contributed by atoms with Gasteiger partial charge >= 0.3 is 0 Å². The largest absolute Gasteiger partial charge is 0.450 e. The fourth-order valence-electron chi connectivity index (χ4n) is 3.62. The lowest BCUT2D eigenvalue weighted by molar-refractivity contribution is 0.471. The van der Waals surface area contributed by atoms with E-state index in [9.17, 15) is 0 Å². The third-order valence-electron chi connectivity index (χ3n) is 4.99. The molecule has 0 spiro atoms. The van der Waals surface area contributed by atoms with Crippen LogP contribution < -0.4 is 9.64 Å². The monoisotopic (exact) mass is 359 g/mol. The Hall–Kier alpha value is -2.88. The Labute approximate surface area is 160 Å². The van der Waals surface area contributed by atoms with E-state index in [1.807, 2.05) is 25.3 Å². The molecule has 1 aliphatic heterocycles. The van der Waals surface area contributed by atoms with Gasteiger partial charge in [-0.3, -0.25) is 9.88 Å². The average Bonchev–Trinajstić information content (AvgIpc) is 2.60. The highest BCUT2D eigenvalue weighted by atomic mass is 16.5. The molecule has 3 heterocycles. The van der Waals surface area contributed by atoms with E-state index in [4.69, 9.17) is 4.74 Å². The van der Waals surface area contributed by atoms with Gasteiger partial charge in [0.05, 0.1) is 17.6 Å². The molecule has 0 fully saturated rings. The van der Waals surface area contributed by atoms with Crippen LogP contribution in [-0.4, -0.2) is 9.97 Å². The molecule has 0 N–H and O–H groups in total. The minimum absolute atomic E-state index is 0.105. The highest BCUT2D eigenvalue weighted by molar-refractivity contribution is 5.86. The third kappa shape index (κ3) is 2.95. The second kappa shape index (κ2) is 6.08. The number of rotatable bonds is 1. The molecule has 0 saturated carbocycles. The molecule has 4 nitrogen and oxygen atoms in total. The van der Waals surface area contributed by atoms with Gasteiger partial charge in [0.2, 0.25) is 0 Å². The zero-order valence-corrected chi connectivity index (χ0v) is 16.8. The summed E-state index contributed by atoms with van der Waals surface area (Å²) in [5, 5.41) is 0. The van der Waals surface area contributed by atoms with Crippen molar-refractivity contribution in [1.82, 2.24) is 9.97 Å². The van der Waals surface area contributed by atoms with Crippen LogP contribution in [0.2, 0.25) is 0 Å². The zero-order chi connectivity index (χ0) is 19.3. The number of hydrogen-bond acceptors (Lipinski definition) is 4. The Kier molecular flexibility index (Phi) is 3.95. The van der Waals surface area contributed by atoms with E-state index in [0.29, 0.717) is 0 Å². The van der Waals surface area contributed by atoms with Crippen molar-refractivity contribution in [3.05, 3.63) is 65.1 Å². The van der Waals surface area contributed by atoms with E-state index >= 15 is 0 Å². The Bertz CT molecular complexity index is 1010. The lowest BCUT2D eigenvalue weighted by Crippen LogP contribution is -2.20. The lowest BCUT2D eigenvalue weighted by Gasteiger charge is -2.34. The molecule has 3 aromatic rings. The van der Waals surface area contributed by atoms with Crippen LogP contribution in [0.1, 0.15) is 43.2 Å². The summed E-state index contributed by atoms with van der Waals surface area (Å²) in [7, 11) is 0. The van der Waals surface area contributed by atoms with Crippen LogP contribution in [0.3, 0.4) is 0 Å². The van der Waals surface area contributed by atoms with E-state index in [1.165, 1.54) is 16.7 Å². The molecule has 0 amide bonds. The summed E-state index contributed by atoms with van der Waals surface area (Å²) >= 11 is 0. The van der Waals surface area contributed by atoms with Crippen molar-refractivity contribution >= 4 is 17.2 Å². The van der Waals surface area contributed by atoms with Crippen molar-refractivity contribution in [2.45, 2.75) is 47.0 Å². The first-order chi connectivity index (χ1) is 12.8. The number of pyridine rings is 2. The third-order valence-corrected chi connectivity index (χ3v) is 4.99. The molecule has 4 rings (SSSR count). The van der Waals surface area contributed by atoms with Gasteiger partial charge in [0, 0.05) is 11.9 Å². The molecular weight excluding hydrogens is 334 g/mol. The van der Waals surface area contributed by atoms with Crippen molar-refractivity contribution in [3.8, 4) is 11.5 Å².